The molecule has 0 radical (unpaired) electrons. The maximum absolute atomic E-state index is 13.1. The molecule has 0 amide bonds. The van der Waals surface area contributed by atoms with Crippen LogP contribution in [0.1, 0.15) is 65.1 Å². The lowest BCUT2D eigenvalue weighted by atomic mass is 9.73. The van der Waals surface area contributed by atoms with Gasteiger partial charge in [-0.1, -0.05) is 39.3 Å². The number of rotatable bonds is 2. The van der Waals surface area contributed by atoms with E-state index in [9.17, 15) is 19.8 Å². The van der Waals surface area contributed by atoms with Crippen molar-refractivity contribution in [2.75, 3.05) is 13.2 Å². The first-order valence-corrected chi connectivity index (χ1v) is 12.6. The van der Waals surface area contributed by atoms with Gasteiger partial charge in [0.2, 0.25) is 0 Å². The fourth-order valence-electron chi connectivity index (χ4n) is 3.99. The van der Waals surface area contributed by atoms with Crippen LogP contribution >= 0.6 is 11.3 Å². The molecule has 0 spiro atoms. The molecule has 1 aliphatic rings. The van der Waals surface area contributed by atoms with E-state index < -0.39 is 35.6 Å². The Bertz CT molecular complexity index is 918. The normalized spacial score (nSPS) is 30.6. The second-order valence-electron chi connectivity index (χ2n) is 10.0. The lowest BCUT2D eigenvalue weighted by molar-refractivity contribution is -0.154. The van der Waals surface area contributed by atoms with Crippen molar-refractivity contribution < 1.29 is 29.3 Å². The Balaban J connectivity index is 2.33. The number of carbonyl (C=O) groups is 2. The maximum atomic E-state index is 13.1. The second-order valence-corrected chi connectivity index (χ2v) is 11.1. The summed E-state index contributed by atoms with van der Waals surface area (Å²) in [6.45, 7) is 13.1. The van der Waals surface area contributed by atoms with Gasteiger partial charge in [-0.3, -0.25) is 9.59 Å². The highest BCUT2D eigenvalue weighted by Crippen LogP contribution is 2.31. The number of cyclic esters (lactones) is 1. The Hall–Kier alpha value is -1.87. The summed E-state index contributed by atoms with van der Waals surface area (Å²) in [7, 11) is 0. The van der Waals surface area contributed by atoms with E-state index in [0.29, 0.717) is 19.6 Å². The predicted molar refractivity (Wildman–Crippen MR) is 133 cm³/mol. The molecule has 1 aromatic heterocycles. The minimum Gasteiger partial charge on any atom is -0.457 e. The summed E-state index contributed by atoms with van der Waals surface area (Å²) in [6.07, 6.45) is 1.29. The molecule has 0 fully saturated rings. The molecule has 1 aliphatic heterocycles. The van der Waals surface area contributed by atoms with E-state index in [4.69, 9.17) is 9.47 Å². The highest BCUT2D eigenvalue weighted by atomic mass is 32.1. The van der Waals surface area contributed by atoms with E-state index in [-0.39, 0.29) is 18.1 Å². The van der Waals surface area contributed by atoms with Crippen LogP contribution in [0.5, 0.6) is 0 Å². The molecule has 1 unspecified atom stereocenters. The van der Waals surface area contributed by atoms with E-state index in [1.54, 1.807) is 32.1 Å². The van der Waals surface area contributed by atoms with Crippen molar-refractivity contribution in [3.05, 3.63) is 33.3 Å². The summed E-state index contributed by atoms with van der Waals surface area (Å²) >= 11 is 1.55. The van der Waals surface area contributed by atoms with Gasteiger partial charge in [0.15, 0.2) is 0 Å². The number of thiazole rings is 1. The van der Waals surface area contributed by atoms with Crippen molar-refractivity contribution in [3.8, 4) is 0 Å². The molecule has 8 heteroatoms. The first-order chi connectivity index (χ1) is 15.8. The van der Waals surface area contributed by atoms with Gasteiger partial charge in [-0.2, -0.15) is 0 Å². The Labute approximate surface area is 206 Å². The van der Waals surface area contributed by atoms with Gasteiger partial charge in [-0.15, -0.1) is 11.3 Å². The number of ether oxygens (including phenoxy) is 2. The van der Waals surface area contributed by atoms with E-state index in [1.807, 2.05) is 45.2 Å². The number of Topliss-reactive ketones (excluding diaryl/α,β-unsaturated/α-hetero) is 1. The smallest absolute Gasteiger partial charge is 0.309 e. The molecule has 2 N–H and O–H groups in total. The van der Waals surface area contributed by atoms with Crippen LogP contribution in [0.15, 0.2) is 22.6 Å². The summed E-state index contributed by atoms with van der Waals surface area (Å²) in [6, 6.07) is 0. The molecule has 0 saturated carbocycles. The van der Waals surface area contributed by atoms with Crippen LogP contribution in [0.2, 0.25) is 0 Å². The summed E-state index contributed by atoms with van der Waals surface area (Å²) in [4.78, 5) is 30.4. The Kier molecular flexibility index (Phi) is 10.2. The standard InChI is InChI=1S/C26H39NO6S/c1-15-8-9-21(16(2)10-20-14-34-19(5)27-20)33-23(29)11-22(28)26(6,7)25(31)18(4)24(30)17(3)13-32-12-15/h8,10,14,17-18,21-22,24,28,30H,9,11-13H2,1-7H3/t17-,18+,21?,22+,24-/m1/s1. The van der Waals surface area contributed by atoms with Crippen molar-refractivity contribution >= 4 is 29.2 Å². The van der Waals surface area contributed by atoms with Gasteiger partial charge in [0.25, 0.3) is 0 Å². The summed E-state index contributed by atoms with van der Waals surface area (Å²) in [5.41, 5.74) is 1.38. The molecule has 0 bridgehead atoms. The van der Waals surface area contributed by atoms with Crippen LogP contribution in [-0.2, 0) is 19.1 Å². The monoisotopic (exact) mass is 493 g/mol. The van der Waals surface area contributed by atoms with Gasteiger partial charge in [-0.05, 0) is 32.4 Å². The third-order valence-corrected chi connectivity index (χ3v) is 7.31. The first kappa shape index (κ1) is 28.4. The zero-order chi connectivity index (χ0) is 25.6. The Morgan fingerprint density at radius 1 is 1.24 bits per heavy atom. The van der Waals surface area contributed by atoms with Crippen molar-refractivity contribution in [3.63, 3.8) is 0 Å². The van der Waals surface area contributed by atoms with Crippen molar-refractivity contribution in [2.45, 2.75) is 79.6 Å². The summed E-state index contributed by atoms with van der Waals surface area (Å²) in [5.74, 6) is -1.88. The van der Waals surface area contributed by atoms with Crippen molar-refractivity contribution in [2.24, 2.45) is 17.3 Å². The fourth-order valence-corrected chi connectivity index (χ4v) is 4.56. The third kappa shape index (κ3) is 7.57. The van der Waals surface area contributed by atoms with Crippen molar-refractivity contribution in [1.82, 2.24) is 4.98 Å². The van der Waals surface area contributed by atoms with Crippen LogP contribution < -0.4 is 0 Å². The first-order valence-electron chi connectivity index (χ1n) is 11.8. The van der Waals surface area contributed by atoms with Crippen LogP contribution in [0.25, 0.3) is 6.08 Å². The van der Waals surface area contributed by atoms with Crippen molar-refractivity contribution in [1.29, 1.82) is 0 Å². The predicted octanol–water partition coefficient (Wildman–Crippen LogP) is 4.11. The van der Waals surface area contributed by atoms with E-state index in [2.05, 4.69) is 4.98 Å². The Morgan fingerprint density at radius 3 is 2.53 bits per heavy atom. The van der Waals surface area contributed by atoms with Crippen LogP contribution in [0, 0.1) is 24.2 Å². The van der Waals surface area contributed by atoms with Gasteiger partial charge < -0.3 is 19.7 Å². The number of esters is 1. The topological polar surface area (TPSA) is 106 Å². The number of hydrogen-bond donors (Lipinski definition) is 2. The lowest BCUT2D eigenvalue weighted by Crippen LogP contribution is -2.46. The quantitative estimate of drug-likeness (QED) is 0.472. The molecular weight excluding hydrogens is 454 g/mol. The average Bonchev–Trinajstić information content (AvgIpc) is 3.18. The number of hydrogen-bond acceptors (Lipinski definition) is 8. The lowest BCUT2D eigenvalue weighted by Gasteiger charge is -2.34. The molecule has 2 rings (SSSR count). The van der Waals surface area contributed by atoms with Crippen LogP contribution in [-0.4, -0.2) is 58.5 Å². The van der Waals surface area contributed by atoms with Crippen LogP contribution in [0.4, 0.5) is 0 Å². The van der Waals surface area contributed by atoms with Gasteiger partial charge in [0.1, 0.15) is 11.9 Å². The minimum atomic E-state index is -1.25. The van der Waals surface area contributed by atoms with Crippen LogP contribution in [0.3, 0.4) is 0 Å². The number of nitrogens with zero attached hydrogens (tertiary/aromatic N) is 1. The molecule has 1 aromatic rings. The zero-order valence-electron chi connectivity index (χ0n) is 21.3. The van der Waals surface area contributed by atoms with E-state index in [1.165, 1.54) is 0 Å². The third-order valence-electron chi connectivity index (χ3n) is 6.52. The SMILES string of the molecule is CC1=CCC(C(C)=Cc2csc(C)n2)OC(=O)C[C@H](O)C(C)(C)C(=O)[C@@H](C)[C@H](O)[C@H](C)COC1. The number of aliphatic hydroxyl groups is 2. The summed E-state index contributed by atoms with van der Waals surface area (Å²) in [5, 5.41) is 24.4. The van der Waals surface area contributed by atoms with Gasteiger partial charge in [-0.25, -0.2) is 4.98 Å². The molecule has 0 saturated heterocycles. The number of carbonyl (C=O) groups excluding carboxylic acids is 2. The molecule has 34 heavy (non-hydrogen) atoms. The molecule has 7 nitrogen and oxygen atoms in total. The van der Waals surface area contributed by atoms with Gasteiger partial charge >= 0.3 is 5.97 Å². The molecule has 0 aliphatic carbocycles. The number of aliphatic hydroxyl groups excluding tert-OH is 2. The second kappa shape index (κ2) is 12.2. The number of aromatic nitrogens is 1. The average molecular weight is 494 g/mol. The molecule has 0 aromatic carbocycles. The largest absolute Gasteiger partial charge is 0.457 e. The van der Waals surface area contributed by atoms with E-state index >= 15 is 0 Å². The van der Waals surface area contributed by atoms with E-state index in [0.717, 1.165) is 21.8 Å². The molecule has 2 heterocycles. The fraction of sp³-hybridized carbons (Fsp3) is 0.654. The summed E-state index contributed by atoms with van der Waals surface area (Å²) < 4.78 is 11.5. The Morgan fingerprint density at radius 2 is 1.91 bits per heavy atom. The van der Waals surface area contributed by atoms with Gasteiger partial charge in [0, 0.05) is 23.6 Å². The highest BCUT2D eigenvalue weighted by molar-refractivity contribution is 7.09. The molecule has 5 atom stereocenters. The highest BCUT2D eigenvalue weighted by Gasteiger charge is 2.42. The zero-order valence-corrected chi connectivity index (χ0v) is 22.1. The number of aryl methyl sites for hydroxylation is 1. The molecular formula is C26H39NO6S. The maximum Gasteiger partial charge on any atom is 0.309 e. The minimum absolute atomic E-state index is 0.267. The van der Waals surface area contributed by atoms with Gasteiger partial charge in [0.05, 0.1) is 48.0 Å². The molecule has 190 valence electrons. The number of ketones is 1.